The first-order valence-corrected chi connectivity index (χ1v) is 7.46. The number of pyridine rings is 1. The Hall–Kier alpha value is -1.77. The lowest BCUT2D eigenvalue weighted by Gasteiger charge is -2.32. The van der Waals surface area contributed by atoms with Crippen molar-refractivity contribution < 1.29 is 5.11 Å². The zero-order valence-electron chi connectivity index (χ0n) is 12.1. The second-order valence-electron chi connectivity index (χ2n) is 6.32. The highest BCUT2D eigenvalue weighted by Crippen LogP contribution is 2.32. The summed E-state index contributed by atoms with van der Waals surface area (Å²) in [7, 11) is 0. The molecule has 2 aromatic rings. The summed E-state index contributed by atoms with van der Waals surface area (Å²) in [4.78, 5) is 4.47. The number of phenols is 1. The monoisotopic (exact) mass is 270 g/mol. The lowest BCUT2D eigenvalue weighted by atomic mass is 9.80. The van der Waals surface area contributed by atoms with E-state index in [4.69, 9.17) is 0 Å². The van der Waals surface area contributed by atoms with Gasteiger partial charge in [-0.2, -0.15) is 0 Å². The Kier molecular flexibility index (Phi) is 3.51. The van der Waals surface area contributed by atoms with Crippen LogP contribution in [0.5, 0.6) is 5.75 Å². The first-order chi connectivity index (χ1) is 9.61. The topological polar surface area (TPSA) is 45.2 Å². The van der Waals surface area contributed by atoms with Gasteiger partial charge in [-0.05, 0) is 54.7 Å². The number of phenolic OH excluding ortho intramolecular Hbond substituents is 1. The third-order valence-corrected chi connectivity index (χ3v) is 4.27. The van der Waals surface area contributed by atoms with Gasteiger partial charge in [0, 0.05) is 17.6 Å². The summed E-state index contributed by atoms with van der Waals surface area (Å²) in [6, 6.07) is 7.90. The molecule has 3 nitrogen and oxygen atoms in total. The van der Waals surface area contributed by atoms with Crippen molar-refractivity contribution in [2.24, 2.45) is 11.8 Å². The maximum absolute atomic E-state index is 9.69. The van der Waals surface area contributed by atoms with Crippen LogP contribution in [-0.2, 0) is 0 Å². The van der Waals surface area contributed by atoms with Crippen molar-refractivity contribution in [2.75, 3.05) is 5.32 Å². The highest BCUT2D eigenvalue weighted by Gasteiger charge is 2.24. The smallest absolute Gasteiger partial charge is 0.134 e. The van der Waals surface area contributed by atoms with E-state index in [1.54, 1.807) is 12.1 Å². The van der Waals surface area contributed by atoms with Crippen molar-refractivity contribution in [3.8, 4) is 5.75 Å². The third-order valence-electron chi connectivity index (χ3n) is 4.27. The summed E-state index contributed by atoms with van der Waals surface area (Å²) in [6.07, 6.45) is 5.54. The molecular formula is C17H22N2O. The van der Waals surface area contributed by atoms with E-state index in [1.165, 1.54) is 19.3 Å². The van der Waals surface area contributed by atoms with Crippen molar-refractivity contribution >= 4 is 16.6 Å². The van der Waals surface area contributed by atoms with Gasteiger partial charge in [-0.1, -0.05) is 19.9 Å². The van der Waals surface area contributed by atoms with Gasteiger partial charge in [0.15, 0.2) is 0 Å². The van der Waals surface area contributed by atoms with Crippen LogP contribution in [0, 0.1) is 11.8 Å². The van der Waals surface area contributed by atoms with Gasteiger partial charge in [-0.15, -0.1) is 0 Å². The average molecular weight is 270 g/mol. The molecule has 2 unspecified atom stereocenters. The minimum atomic E-state index is 0.291. The van der Waals surface area contributed by atoms with Crippen molar-refractivity contribution in [3.05, 3.63) is 30.5 Å². The molecule has 1 aromatic heterocycles. The predicted octanol–water partition coefficient (Wildman–Crippen LogP) is 4.18. The van der Waals surface area contributed by atoms with Crippen LogP contribution < -0.4 is 5.32 Å². The van der Waals surface area contributed by atoms with Gasteiger partial charge in [-0.3, -0.25) is 0 Å². The molecule has 1 saturated carbocycles. The Morgan fingerprint density at radius 2 is 1.85 bits per heavy atom. The molecule has 1 heterocycles. The first-order valence-electron chi connectivity index (χ1n) is 7.46. The van der Waals surface area contributed by atoms with Gasteiger partial charge in [0.25, 0.3) is 0 Å². The zero-order valence-corrected chi connectivity index (χ0v) is 12.1. The van der Waals surface area contributed by atoms with E-state index in [2.05, 4.69) is 24.1 Å². The number of hydrogen-bond donors (Lipinski definition) is 2. The molecule has 106 valence electrons. The number of nitrogens with one attached hydrogen (secondary N) is 1. The van der Waals surface area contributed by atoms with Crippen molar-refractivity contribution in [1.82, 2.24) is 4.98 Å². The number of aromatic hydroxyl groups is 1. The highest BCUT2D eigenvalue weighted by molar-refractivity contribution is 5.92. The zero-order chi connectivity index (χ0) is 14.1. The van der Waals surface area contributed by atoms with Crippen LogP contribution in [0.15, 0.2) is 30.5 Å². The molecule has 3 heteroatoms. The highest BCUT2D eigenvalue weighted by atomic mass is 16.3. The maximum atomic E-state index is 9.69. The minimum Gasteiger partial charge on any atom is -0.508 e. The Bertz CT molecular complexity index is 601. The summed E-state index contributed by atoms with van der Waals surface area (Å²) < 4.78 is 0. The number of aromatic nitrogens is 1. The average Bonchev–Trinajstić information content (AvgIpc) is 2.38. The molecular weight excluding hydrogens is 248 g/mol. The number of anilines is 1. The Balaban J connectivity index is 1.88. The molecule has 0 aliphatic heterocycles. The van der Waals surface area contributed by atoms with Crippen LogP contribution in [0.25, 0.3) is 10.8 Å². The lowest BCUT2D eigenvalue weighted by Crippen LogP contribution is -2.30. The summed E-state index contributed by atoms with van der Waals surface area (Å²) in [5.41, 5.74) is 0. The molecule has 1 aliphatic carbocycles. The van der Waals surface area contributed by atoms with E-state index < -0.39 is 0 Å². The van der Waals surface area contributed by atoms with Gasteiger partial charge >= 0.3 is 0 Å². The second-order valence-corrected chi connectivity index (χ2v) is 6.32. The number of benzene rings is 1. The molecule has 2 N–H and O–H groups in total. The molecule has 0 saturated heterocycles. The van der Waals surface area contributed by atoms with E-state index in [0.29, 0.717) is 11.8 Å². The quantitative estimate of drug-likeness (QED) is 0.860. The van der Waals surface area contributed by atoms with E-state index in [1.807, 2.05) is 18.3 Å². The maximum Gasteiger partial charge on any atom is 0.134 e. The molecule has 2 atom stereocenters. The molecule has 0 bridgehead atoms. The molecule has 1 aromatic carbocycles. The molecule has 0 spiro atoms. The van der Waals surface area contributed by atoms with E-state index in [-0.39, 0.29) is 0 Å². The van der Waals surface area contributed by atoms with Crippen molar-refractivity contribution in [2.45, 2.75) is 39.2 Å². The number of rotatable bonds is 2. The minimum absolute atomic E-state index is 0.291. The summed E-state index contributed by atoms with van der Waals surface area (Å²) in [6.45, 7) is 4.65. The summed E-state index contributed by atoms with van der Waals surface area (Å²) in [5, 5.41) is 15.4. The Morgan fingerprint density at radius 1 is 1.10 bits per heavy atom. The van der Waals surface area contributed by atoms with Crippen LogP contribution in [0.4, 0.5) is 5.82 Å². The number of hydrogen-bond acceptors (Lipinski definition) is 3. The van der Waals surface area contributed by atoms with E-state index in [0.717, 1.165) is 28.4 Å². The Morgan fingerprint density at radius 3 is 2.60 bits per heavy atom. The predicted molar refractivity (Wildman–Crippen MR) is 83.0 cm³/mol. The molecule has 0 amide bonds. The molecule has 3 rings (SSSR count). The first kappa shape index (κ1) is 13.2. The van der Waals surface area contributed by atoms with Gasteiger partial charge in [-0.25, -0.2) is 4.98 Å². The largest absolute Gasteiger partial charge is 0.508 e. The molecule has 1 fully saturated rings. The van der Waals surface area contributed by atoms with Gasteiger partial charge in [0.2, 0.25) is 0 Å². The number of fused-ring (bicyclic) bond motifs is 1. The van der Waals surface area contributed by atoms with Crippen LogP contribution in [0.2, 0.25) is 0 Å². The van der Waals surface area contributed by atoms with Crippen LogP contribution in [-0.4, -0.2) is 16.1 Å². The van der Waals surface area contributed by atoms with Crippen molar-refractivity contribution in [3.63, 3.8) is 0 Å². The van der Waals surface area contributed by atoms with E-state index in [9.17, 15) is 5.11 Å². The van der Waals surface area contributed by atoms with Gasteiger partial charge in [0.05, 0.1) is 0 Å². The van der Waals surface area contributed by atoms with E-state index >= 15 is 0 Å². The second kappa shape index (κ2) is 5.31. The standard InChI is InChI=1S/C17H22N2O/c1-11-7-12(2)9-14(8-11)19-17-16-10-15(20)4-3-13(16)5-6-18-17/h3-6,10-12,14,20H,7-9H2,1-2H3,(H,18,19). The van der Waals surface area contributed by atoms with Crippen LogP contribution in [0.3, 0.4) is 0 Å². The molecule has 1 aliphatic rings. The lowest BCUT2D eigenvalue weighted by molar-refractivity contribution is 0.280. The van der Waals surface area contributed by atoms with Gasteiger partial charge in [0.1, 0.15) is 11.6 Å². The fourth-order valence-electron chi connectivity index (χ4n) is 3.53. The third kappa shape index (κ3) is 2.72. The van der Waals surface area contributed by atoms with Crippen LogP contribution >= 0.6 is 0 Å². The molecule has 20 heavy (non-hydrogen) atoms. The van der Waals surface area contributed by atoms with Crippen LogP contribution in [0.1, 0.15) is 33.1 Å². The SMILES string of the molecule is CC1CC(C)CC(Nc2nccc3ccc(O)cc23)C1. The fourth-order valence-corrected chi connectivity index (χ4v) is 3.53. The van der Waals surface area contributed by atoms with Gasteiger partial charge < -0.3 is 10.4 Å². The normalized spacial score (nSPS) is 26.6. The Labute approximate surface area is 120 Å². The summed E-state index contributed by atoms with van der Waals surface area (Å²) in [5.74, 6) is 2.71. The summed E-state index contributed by atoms with van der Waals surface area (Å²) >= 11 is 0. The fraction of sp³-hybridized carbons (Fsp3) is 0.471. The van der Waals surface area contributed by atoms with Crippen molar-refractivity contribution in [1.29, 1.82) is 0 Å². The number of nitrogens with zero attached hydrogens (tertiary/aromatic N) is 1. The molecule has 0 radical (unpaired) electrons.